The van der Waals surface area contributed by atoms with Crippen LogP contribution in [0.25, 0.3) is 0 Å². The molecule has 6 nitrogen and oxygen atoms in total. The van der Waals surface area contributed by atoms with Crippen molar-refractivity contribution >= 4 is 22.6 Å². The normalized spacial score (nSPS) is 18.1. The number of hydrogen-bond acceptors (Lipinski definition) is 5. The summed E-state index contributed by atoms with van der Waals surface area (Å²) in [6, 6.07) is 7.06. The SMILES string of the molecule is CC(C)(C)NS(=O)(=O)c1ccc(Oc2ccc(F)cc2F)c(B2OC(C)(C)C(C)(C)O2)c1. The first-order valence-electron chi connectivity index (χ1n) is 10.2. The Morgan fingerprint density at radius 3 is 2.03 bits per heavy atom. The topological polar surface area (TPSA) is 73.9 Å². The van der Waals surface area contributed by atoms with E-state index in [1.807, 2.05) is 27.7 Å². The number of sulfonamides is 1. The highest BCUT2D eigenvalue weighted by molar-refractivity contribution is 7.89. The highest BCUT2D eigenvalue weighted by Gasteiger charge is 2.52. The molecule has 0 bridgehead atoms. The monoisotopic (exact) mass is 467 g/mol. The van der Waals surface area contributed by atoms with Crippen molar-refractivity contribution in [1.82, 2.24) is 4.72 Å². The van der Waals surface area contributed by atoms with Gasteiger partial charge < -0.3 is 14.0 Å². The van der Waals surface area contributed by atoms with Crippen molar-refractivity contribution in [3.63, 3.8) is 0 Å². The zero-order valence-corrected chi connectivity index (χ0v) is 20.1. The van der Waals surface area contributed by atoms with E-state index in [1.165, 1.54) is 18.2 Å². The number of hydrogen-bond donors (Lipinski definition) is 1. The maximum atomic E-state index is 14.2. The van der Waals surface area contributed by atoms with Crippen LogP contribution >= 0.6 is 0 Å². The lowest BCUT2D eigenvalue weighted by Gasteiger charge is -2.32. The molecule has 0 amide bonds. The minimum absolute atomic E-state index is 0.0240. The van der Waals surface area contributed by atoms with Crippen molar-refractivity contribution < 1.29 is 31.2 Å². The molecular formula is C22H28BF2NO5S. The van der Waals surface area contributed by atoms with E-state index >= 15 is 0 Å². The van der Waals surface area contributed by atoms with Crippen molar-refractivity contribution in [3.05, 3.63) is 48.0 Å². The van der Waals surface area contributed by atoms with Gasteiger partial charge in [0.15, 0.2) is 11.6 Å². The molecule has 32 heavy (non-hydrogen) atoms. The molecule has 0 aliphatic carbocycles. The third kappa shape index (κ3) is 5.14. The fourth-order valence-electron chi connectivity index (χ4n) is 3.08. The van der Waals surface area contributed by atoms with E-state index in [0.717, 1.165) is 12.1 Å². The second-order valence-corrected chi connectivity index (χ2v) is 11.5. The molecular weight excluding hydrogens is 439 g/mol. The van der Waals surface area contributed by atoms with Crippen molar-refractivity contribution in [2.75, 3.05) is 0 Å². The molecule has 1 N–H and O–H groups in total. The van der Waals surface area contributed by atoms with Crippen LogP contribution in [0, 0.1) is 11.6 Å². The molecule has 174 valence electrons. The van der Waals surface area contributed by atoms with Crippen LogP contribution in [0.1, 0.15) is 48.5 Å². The molecule has 2 aromatic rings. The van der Waals surface area contributed by atoms with Crippen molar-refractivity contribution in [3.8, 4) is 11.5 Å². The van der Waals surface area contributed by atoms with Crippen LogP contribution in [0.15, 0.2) is 41.3 Å². The largest absolute Gasteiger partial charge is 0.498 e. The molecule has 1 fully saturated rings. The van der Waals surface area contributed by atoms with Gasteiger partial charge in [0.2, 0.25) is 10.0 Å². The van der Waals surface area contributed by atoms with Gasteiger partial charge in [0.05, 0.1) is 16.1 Å². The van der Waals surface area contributed by atoms with Crippen LogP contribution in [0.4, 0.5) is 8.78 Å². The highest BCUT2D eigenvalue weighted by atomic mass is 32.2. The molecule has 0 spiro atoms. The summed E-state index contributed by atoms with van der Waals surface area (Å²) >= 11 is 0. The Morgan fingerprint density at radius 2 is 1.50 bits per heavy atom. The Hall–Kier alpha value is -2.01. The van der Waals surface area contributed by atoms with Gasteiger partial charge >= 0.3 is 7.12 Å². The van der Waals surface area contributed by atoms with Crippen LogP contribution in [0.2, 0.25) is 0 Å². The predicted octanol–water partition coefficient (Wildman–Crippen LogP) is 4.13. The van der Waals surface area contributed by atoms with Gasteiger partial charge in [-0.15, -0.1) is 0 Å². The van der Waals surface area contributed by atoms with E-state index in [1.54, 1.807) is 20.8 Å². The van der Waals surface area contributed by atoms with Crippen molar-refractivity contribution in [2.24, 2.45) is 0 Å². The van der Waals surface area contributed by atoms with Gasteiger partial charge in [-0.25, -0.2) is 21.9 Å². The van der Waals surface area contributed by atoms with Crippen LogP contribution in [0.5, 0.6) is 11.5 Å². The first kappa shape index (κ1) is 24.6. The molecule has 2 aromatic carbocycles. The van der Waals surface area contributed by atoms with Crippen LogP contribution < -0.4 is 14.9 Å². The van der Waals surface area contributed by atoms with Crippen LogP contribution in [-0.4, -0.2) is 32.3 Å². The fourth-order valence-corrected chi connectivity index (χ4v) is 4.53. The van der Waals surface area contributed by atoms with Gasteiger partial charge in [-0.2, -0.15) is 0 Å². The smallest absolute Gasteiger partial charge is 0.455 e. The molecule has 0 aromatic heterocycles. The second kappa shape index (κ2) is 8.09. The first-order valence-corrected chi connectivity index (χ1v) is 11.7. The standard InChI is InChI=1S/C22H28BF2NO5S/c1-20(2,3)26-32(27,28)15-9-11-18(29-19-10-8-14(24)12-17(19)25)16(13-15)23-30-21(4,5)22(6,7)31-23/h8-13,26H,1-7H3. The quantitative estimate of drug-likeness (QED) is 0.670. The Balaban J connectivity index is 2.09. The van der Waals surface area contributed by atoms with Gasteiger partial charge in [-0.1, -0.05) is 0 Å². The van der Waals surface area contributed by atoms with E-state index in [4.69, 9.17) is 14.0 Å². The molecule has 0 radical (unpaired) electrons. The van der Waals surface area contributed by atoms with E-state index in [0.29, 0.717) is 6.07 Å². The maximum absolute atomic E-state index is 14.2. The average molecular weight is 467 g/mol. The van der Waals surface area contributed by atoms with Gasteiger partial charge in [0.1, 0.15) is 11.6 Å². The van der Waals surface area contributed by atoms with Crippen LogP contribution in [-0.2, 0) is 19.3 Å². The zero-order chi connectivity index (χ0) is 24.1. The van der Waals surface area contributed by atoms with Crippen molar-refractivity contribution in [2.45, 2.75) is 70.1 Å². The molecule has 0 saturated carbocycles. The van der Waals surface area contributed by atoms with E-state index < -0.39 is 45.5 Å². The summed E-state index contributed by atoms with van der Waals surface area (Å²) in [5.41, 5.74) is -1.83. The Morgan fingerprint density at radius 1 is 0.938 bits per heavy atom. The van der Waals surface area contributed by atoms with Gasteiger partial charge in [-0.3, -0.25) is 0 Å². The summed E-state index contributed by atoms with van der Waals surface area (Å²) in [6.07, 6.45) is 0. The minimum Gasteiger partial charge on any atom is -0.455 e. The Kier molecular flexibility index (Phi) is 6.23. The molecule has 3 rings (SSSR count). The number of ether oxygens (including phenoxy) is 1. The fraction of sp³-hybridized carbons (Fsp3) is 0.455. The summed E-state index contributed by atoms with van der Waals surface area (Å²) in [6.45, 7) is 12.6. The molecule has 0 unspecified atom stereocenters. The van der Waals surface area contributed by atoms with E-state index in [-0.39, 0.29) is 21.9 Å². The highest BCUT2D eigenvalue weighted by Crippen LogP contribution is 2.38. The predicted molar refractivity (Wildman–Crippen MR) is 119 cm³/mol. The molecule has 10 heteroatoms. The zero-order valence-electron chi connectivity index (χ0n) is 19.2. The third-order valence-corrected chi connectivity index (χ3v) is 7.11. The van der Waals surface area contributed by atoms with Crippen LogP contribution in [0.3, 0.4) is 0 Å². The van der Waals surface area contributed by atoms with E-state index in [9.17, 15) is 17.2 Å². The average Bonchev–Trinajstić information content (AvgIpc) is 2.83. The maximum Gasteiger partial charge on any atom is 0.498 e. The second-order valence-electron chi connectivity index (χ2n) is 9.82. The lowest BCUT2D eigenvalue weighted by Crippen LogP contribution is -2.41. The summed E-state index contributed by atoms with van der Waals surface area (Å²) in [5, 5.41) is 0. The summed E-state index contributed by atoms with van der Waals surface area (Å²) in [4.78, 5) is -0.0240. The number of benzene rings is 2. The molecule has 0 atom stereocenters. The van der Waals surface area contributed by atoms with Crippen molar-refractivity contribution in [1.29, 1.82) is 0 Å². The summed E-state index contributed by atoms with van der Waals surface area (Å²) in [5.74, 6) is -1.72. The number of rotatable bonds is 5. The molecule has 1 aliphatic rings. The lowest BCUT2D eigenvalue weighted by molar-refractivity contribution is 0.00578. The first-order chi connectivity index (χ1) is 14.5. The summed E-state index contributed by atoms with van der Waals surface area (Å²) < 4.78 is 73.7. The van der Waals surface area contributed by atoms with E-state index in [2.05, 4.69) is 4.72 Å². The minimum atomic E-state index is -3.87. The van der Waals surface area contributed by atoms with Gasteiger partial charge in [0, 0.05) is 17.1 Å². The third-order valence-electron chi connectivity index (χ3n) is 5.35. The molecule has 1 aliphatic heterocycles. The number of halogens is 2. The Labute approximate surface area is 188 Å². The van der Waals surface area contributed by atoms with Gasteiger partial charge in [0.25, 0.3) is 0 Å². The van der Waals surface area contributed by atoms with Gasteiger partial charge in [-0.05, 0) is 78.8 Å². The Bertz CT molecular complexity index is 1110. The molecule has 1 heterocycles. The summed E-state index contributed by atoms with van der Waals surface area (Å²) in [7, 11) is -4.84. The number of nitrogens with one attached hydrogen (secondary N) is 1. The lowest BCUT2D eigenvalue weighted by atomic mass is 9.78. The molecule has 1 saturated heterocycles.